The molecule has 26 heavy (non-hydrogen) atoms. The SMILES string of the molecule is Cc1nc2cc(NC(=O)[C@H]3CC34CCN([C@@H]3CCSC3)CC4)ccc2s1. The predicted molar refractivity (Wildman–Crippen MR) is 110 cm³/mol. The first-order chi connectivity index (χ1) is 12.6. The summed E-state index contributed by atoms with van der Waals surface area (Å²) in [6.07, 6.45) is 4.80. The molecule has 2 aliphatic heterocycles. The van der Waals surface area contributed by atoms with Gasteiger partial charge in [0.25, 0.3) is 0 Å². The number of aryl methyl sites for hydroxylation is 1. The molecule has 2 saturated heterocycles. The number of carbonyl (C=O) groups excluding carboxylic acids is 1. The lowest BCUT2D eigenvalue weighted by Crippen LogP contribution is -2.42. The number of thiazole rings is 1. The lowest BCUT2D eigenvalue weighted by molar-refractivity contribution is -0.118. The van der Waals surface area contributed by atoms with Crippen LogP contribution < -0.4 is 5.32 Å². The molecule has 1 saturated carbocycles. The van der Waals surface area contributed by atoms with Crippen LogP contribution in [0.15, 0.2) is 18.2 Å². The topological polar surface area (TPSA) is 45.2 Å². The number of nitrogens with zero attached hydrogens (tertiary/aromatic N) is 2. The van der Waals surface area contributed by atoms with Crippen LogP contribution in [0.2, 0.25) is 0 Å². The maximum Gasteiger partial charge on any atom is 0.228 e. The van der Waals surface area contributed by atoms with Gasteiger partial charge in [-0.2, -0.15) is 11.8 Å². The summed E-state index contributed by atoms with van der Waals surface area (Å²) in [5, 5.41) is 4.22. The fourth-order valence-electron chi connectivity index (χ4n) is 4.77. The highest BCUT2D eigenvalue weighted by atomic mass is 32.2. The van der Waals surface area contributed by atoms with E-state index in [0.717, 1.165) is 28.7 Å². The molecule has 1 aromatic heterocycles. The van der Waals surface area contributed by atoms with Crippen LogP contribution in [0.4, 0.5) is 5.69 Å². The predicted octanol–water partition coefficient (Wildman–Crippen LogP) is 4.15. The Balaban J connectivity index is 1.20. The molecule has 0 radical (unpaired) electrons. The summed E-state index contributed by atoms with van der Waals surface area (Å²) in [5.74, 6) is 3.03. The largest absolute Gasteiger partial charge is 0.326 e. The second-order valence-corrected chi connectivity index (χ2v) is 10.5. The lowest BCUT2D eigenvalue weighted by atomic mass is 9.89. The van der Waals surface area contributed by atoms with Crippen LogP contribution in [0.3, 0.4) is 0 Å². The van der Waals surface area contributed by atoms with E-state index < -0.39 is 0 Å². The van der Waals surface area contributed by atoms with E-state index in [-0.39, 0.29) is 17.2 Å². The Morgan fingerprint density at radius 1 is 1.35 bits per heavy atom. The Bertz CT molecular complexity index is 835. The number of carbonyl (C=O) groups is 1. The summed E-state index contributed by atoms with van der Waals surface area (Å²) in [4.78, 5) is 20.0. The van der Waals surface area contributed by atoms with Gasteiger partial charge < -0.3 is 5.32 Å². The van der Waals surface area contributed by atoms with Crippen LogP contribution in [0, 0.1) is 18.3 Å². The zero-order valence-electron chi connectivity index (χ0n) is 15.2. The number of hydrogen-bond acceptors (Lipinski definition) is 5. The number of thioether (sulfide) groups is 1. The van der Waals surface area contributed by atoms with Gasteiger partial charge in [-0.25, -0.2) is 4.98 Å². The van der Waals surface area contributed by atoms with Gasteiger partial charge in [0.05, 0.1) is 15.2 Å². The van der Waals surface area contributed by atoms with Gasteiger partial charge in [0.2, 0.25) is 5.91 Å². The molecule has 1 N–H and O–H groups in total. The van der Waals surface area contributed by atoms with Crippen molar-refractivity contribution in [3.63, 3.8) is 0 Å². The lowest BCUT2D eigenvalue weighted by Gasteiger charge is -2.36. The minimum absolute atomic E-state index is 0.204. The number of amides is 1. The van der Waals surface area contributed by atoms with Crippen molar-refractivity contribution in [2.45, 2.75) is 38.6 Å². The second-order valence-electron chi connectivity index (χ2n) is 8.08. The van der Waals surface area contributed by atoms with Crippen LogP contribution in [-0.4, -0.2) is 46.4 Å². The molecule has 5 rings (SSSR count). The molecular weight excluding hydrogens is 362 g/mol. The van der Waals surface area contributed by atoms with Crippen LogP contribution >= 0.6 is 23.1 Å². The van der Waals surface area contributed by atoms with Gasteiger partial charge in [-0.15, -0.1) is 11.3 Å². The van der Waals surface area contributed by atoms with Gasteiger partial charge in [0.1, 0.15) is 0 Å². The van der Waals surface area contributed by atoms with E-state index in [4.69, 9.17) is 0 Å². The summed E-state index contributed by atoms with van der Waals surface area (Å²) in [7, 11) is 0. The van der Waals surface area contributed by atoms with Gasteiger partial charge in [-0.3, -0.25) is 9.69 Å². The smallest absolute Gasteiger partial charge is 0.228 e. The molecule has 3 heterocycles. The molecule has 2 atom stereocenters. The number of benzene rings is 1. The summed E-state index contributed by atoms with van der Waals surface area (Å²) in [6.45, 7) is 4.38. The fourth-order valence-corrected chi connectivity index (χ4v) is 6.83. The number of piperidine rings is 1. The molecule has 138 valence electrons. The van der Waals surface area contributed by atoms with E-state index in [1.165, 1.54) is 48.6 Å². The van der Waals surface area contributed by atoms with Crippen LogP contribution in [-0.2, 0) is 4.79 Å². The first-order valence-electron chi connectivity index (χ1n) is 9.63. The van der Waals surface area contributed by atoms with E-state index in [9.17, 15) is 4.79 Å². The molecule has 6 heteroatoms. The zero-order chi connectivity index (χ0) is 17.7. The molecule has 1 amide bonds. The minimum atomic E-state index is 0.204. The summed E-state index contributed by atoms with van der Waals surface area (Å²) in [5.41, 5.74) is 2.15. The van der Waals surface area contributed by atoms with E-state index in [1.807, 2.05) is 19.1 Å². The molecule has 2 aromatic rings. The number of likely N-dealkylation sites (tertiary alicyclic amines) is 1. The fraction of sp³-hybridized carbons (Fsp3) is 0.600. The number of hydrogen-bond donors (Lipinski definition) is 1. The highest BCUT2D eigenvalue weighted by Crippen LogP contribution is 2.60. The molecular formula is C20H25N3OS2. The van der Waals surface area contributed by atoms with Crippen molar-refractivity contribution >= 4 is 44.9 Å². The minimum Gasteiger partial charge on any atom is -0.326 e. The average Bonchev–Trinajstić information content (AvgIpc) is 3.00. The van der Waals surface area contributed by atoms with Crippen molar-refractivity contribution in [2.24, 2.45) is 11.3 Å². The van der Waals surface area contributed by atoms with Crippen LogP contribution in [0.5, 0.6) is 0 Å². The normalized spacial score (nSPS) is 27.9. The summed E-state index contributed by atoms with van der Waals surface area (Å²) in [6, 6.07) is 6.87. The molecule has 0 bridgehead atoms. The molecule has 1 aliphatic carbocycles. The van der Waals surface area contributed by atoms with E-state index in [2.05, 4.69) is 33.0 Å². The third-order valence-electron chi connectivity index (χ3n) is 6.48. The van der Waals surface area contributed by atoms with Crippen molar-refractivity contribution in [3.05, 3.63) is 23.2 Å². The third-order valence-corrected chi connectivity index (χ3v) is 8.58. The van der Waals surface area contributed by atoms with Gasteiger partial charge in [0, 0.05) is 23.4 Å². The molecule has 3 fully saturated rings. The second kappa shape index (κ2) is 6.50. The van der Waals surface area contributed by atoms with Crippen LogP contribution in [0.1, 0.15) is 30.7 Å². The van der Waals surface area contributed by atoms with Crippen molar-refractivity contribution in [1.82, 2.24) is 9.88 Å². The Labute approximate surface area is 162 Å². The number of fused-ring (bicyclic) bond motifs is 1. The van der Waals surface area contributed by atoms with Crippen molar-refractivity contribution in [1.29, 1.82) is 0 Å². The summed E-state index contributed by atoms with van der Waals surface area (Å²) < 4.78 is 1.18. The molecule has 0 unspecified atom stereocenters. The Morgan fingerprint density at radius 2 is 2.19 bits per heavy atom. The van der Waals surface area contributed by atoms with Crippen molar-refractivity contribution in [3.8, 4) is 0 Å². The van der Waals surface area contributed by atoms with Crippen molar-refractivity contribution in [2.75, 3.05) is 29.9 Å². The quantitative estimate of drug-likeness (QED) is 0.859. The Morgan fingerprint density at radius 3 is 2.96 bits per heavy atom. The maximum absolute atomic E-state index is 12.8. The van der Waals surface area contributed by atoms with Gasteiger partial charge in [-0.1, -0.05) is 0 Å². The molecule has 3 aliphatic rings. The Kier molecular flexibility index (Phi) is 4.25. The van der Waals surface area contributed by atoms with Crippen LogP contribution in [0.25, 0.3) is 10.2 Å². The maximum atomic E-state index is 12.8. The van der Waals surface area contributed by atoms with Crippen molar-refractivity contribution < 1.29 is 4.79 Å². The monoisotopic (exact) mass is 387 g/mol. The number of anilines is 1. The number of nitrogens with one attached hydrogen (secondary N) is 1. The van der Waals surface area contributed by atoms with E-state index in [1.54, 1.807) is 11.3 Å². The van der Waals surface area contributed by atoms with E-state index >= 15 is 0 Å². The highest BCUT2D eigenvalue weighted by molar-refractivity contribution is 7.99. The van der Waals surface area contributed by atoms with Gasteiger partial charge >= 0.3 is 0 Å². The number of rotatable bonds is 3. The summed E-state index contributed by atoms with van der Waals surface area (Å²) >= 11 is 3.79. The zero-order valence-corrected chi connectivity index (χ0v) is 16.8. The average molecular weight is 388 g/mol. The van der Waals surface area contributed by atoms with E-state index in [0.29, 0.717) is 0 Å². The highest BCUT2D eigenvalue weighted by Gasteiger charge is 2.58. The molecule has 4 nitrogen and oxygen atoms in total. The molecule has 1 aromatic carbocycles. The van der Waals surface area contributed by atoms with Gasteiger partial charge in [-0.05, 0) is 75.1 Å². The first kappa shape index (κ1) is 17.0. The first-order valence-corrected chi connectivity index (χ1v) is 11.6. The Hall–Kier alpha value is -1.11. The third kappa shape index (κ3) is 3.06. The van der Waals surface area contributed by atoms with Gasteiger partial charge in [0.15, 0.2) is 0 Å². The number of aromatic nitrogens is 1. The standard InChI is InChI=1S/C20H25N3OS2/c1-13-21-17-10-14(2-3-18(17)26-13)22-19(24)16-11-20(16)5-7-23(8-6-20)15-4-9-25-12-15/h2-3,10,15-16H,4-9,11-12H2,1H3,(H,22,24)/t15-,16-/m1/s1. The molecule has 1 spiro atoms.